The van der Waals surface area contributed by atoms with Crippen LogP contribution in [0.2, 0.25) is 0 Å². The van der Waals surface area contributed by atoms with Crippen molar-refractivity contribution in [3.8, 4) is 5.75 Å². The van der Waals surface area contributed by atoms with E-state index in [0.717, 1.165) is 11.1 Å². The third-order valence-corrected chi connectivity index (χ3v) is 4.15. The number of rotatable bonds is 5. The van der Waals surface area contributed by atoms with Gasteiger partial charge in [-0.2, -0.15) is 0 Å². The standard InChI is InChI=1S/C20H20N2O4/c1-3-26-20(24)16-17(13-9-11-15(25-2)12-10-13)21-18(22-19(16)23)14-7-5-4-6-8-14/h4-12,16-17H,3H2,1-2H3,(H,21,22,23)/t16-,17+/m1/s1. The van der Waals surface area contributed by atoms with Crippen LogP contribution in [0.5, 0.6) is 5.75 Å². The zero-order chi connectivity index (χ0) is 18.5. The number of amidine groups is 1. The third-order valence-electron chi connectivity index (χ3n) is 4.15. The van der Waals surface area contributed by atoms with Crippen LogP contribution >= 0.6 is 0 Å². The Labute approximate surface area is 151 Å². The SMILES string of the molecule is CCOC(=O)[C@H]1C(=O)NC(c2ccccc2)=N[C@H]1c1ccc(OC)cc1. The molecule has 2 atom stereocenters. The molecule has 2 aromatic carbocycles. The van der Waals surface area contributed by atoms with Gasteiger partial charge in [0.05, 0.1) is 19.8 Å². The number of methoxy groups -OCH3 is 1. The van der Waals surface area contributed by atoms with Crippen molar-refractivity contribution in [2.24, 2.45) is 10.9 Å². The number of carbonyl (C=O) groups is 2. The van der Waals surface area contributed by atoms with Gasteiger partial charge >= 0.3 is 5.97 Å². The summed E-state index contributed by atoms with van der Waals surface area (Å²) in [6.45, 7) is 1.91. The van der Waals surface area contributed by atoms with Crippen molar-refractivity contribution in [3.63, 3.8) is 0 Å². The fraction of sp³-hybridized carbons (Fsp3) is 0.250. The van der Waals surface area contributed by atoms with Gasteiger partial charge in [0.15, 0.2) is 5.92 Å². The van der Waals surface area contributed by atoms with E-state index in [4.69, 9.17) is 9.47 Å². The Morgan fingerprint density at radius 1 is 1.12 bits per heavy atom. The van der Waals surface area contributed by atoms with E-state index in [1.54, 1.807) is 38.3 Å². The maximum absolute atomic E-state index is 12.7. The molecule has 26 heavy (non-hydrogen) atoms. The molecule has 1 aliphatic heterocycles. The highest BCUT2D eigenvalue weighted by Gasteiger charge is 2.41. The third kappa shape index (κ3) is 3.59. The van der Waals surface area contributed by atoms with Gasteiger partial charge in [0, 0.05) is 5.56 Å². The van der Waals surface area contributed by atoms with Gasteiger partial charge < -0.3 is 14.8 Å². The number of hydrogen-bond donors (Lipinski definition) is 1. The number of aliphatic imine (C=N–C) groups is 1. The number of carbonyl (C=O) groups excluding carboxylic acids is 2. The molecule has 0 bridgehead atoms. The maximum atomic E-state index is 12.7. The monoisotopic (exact) mass is 352 g/mol. The summed E-state index contributed by atoms with van der Waals surface area (Å²) in [6, 6.07) is 15.8. The van der Waals surface area contributed by atoms with Crippen LogP contribution in [-0.4, -0.2) is 31.4 Å². The summed E-state index contributed by atoms with van der Waals surface area (Å²) in [7, 11) is 1.58. The number of esters is 1. The van der Waals surface area contributed by atoms with Crippen LogP contribution < -0.4 is 10.1 Å². The van der Waals surface area contributed by atoms with E-state index in [0.29, 0.717) is 11.6 Å². The molecule has 0 unspecified atom stereocenters. The minimum atomic E-state index is -1.03. The number of benzene rings is 2. The van der Waals surface area contributed by atoms with Crippen molar-refractivity contribution in [1.82, 2.24) is 5.32 Å². The van der Waals surface area contributed by atoms with E-state index in [9.17, 15) is 9.59 Å². The highest BCUT2D eigenvalue weighted by Crippen LogP contribution is 2.32. The summed E-state index contributed by atoms with van der Waals surface area (Å²) >= 11 is 0. The van der Waals surface area contributed by atoms with Crippen LogP contribution in [-0.2, 0) is 14.3 Å². The lowest BCUT2D eigenvalue weighted by atomic mass is 9.90. The quantitative estimate of drug-likeness (QED) is 0.662. The second kappa shape index (κ2) is 7.82. The van der Waals surface area contributed by atoms with Gasteiger partial charge in [-0.05, 0) is 24.6 Å². The van der Waals surface area contributed by atoms with Gasteiger partial charge in [0.1, 0.15) is 11.6 Å². The highest BCUT2D eigenvalue weighted by molar-refractivity contribution is 6.14. The van der Waals surface area contributed by atoms with Crippen LogP contribution in [0.4, 0.5) is 0 Å². The first-order valence-electron chi connectivity index (χ1n) is 8.38. The van der Waals surface area contributed by atoms with Gasteiger partial charge in [-0.3, -0.25) is 14.6 Å². The molecule has 6 heteroatoms. The maximum Gasteiger partial charge on any atom is 0.321 e. The van der Waals surface area contributed by atoms with Gasteiger partial charge in [-0.25, -0.2) is 0 Å². The smallest absolute Gasteiger partial charge is 0.321 e. The van der Waals surface area contributed by atoms with E-state index in [1.807, 2.05) is 30.3 Å². The number of hydrogen-bond acceptors (Lipinski definition) is 5. The van der Waals surface area contributed by atoms with Crippen LogP contribution in [0.25, 0.3) is 0 Å². The second-order valence-electron chi connectivity index (χ2n) is 5.78. The van der Waals surface area contributed by atoms with Crippen molar-refractivity contribution in [1.29, 1.82) is 0 Å². The number of nitrogens with zero attached hydrogens (tertiary/aromatic N) is 1. The average molecular weight is 352 g/mol. The van der Waals surface area contributed by atoms with E-state index in [2.05, 4.69) is 10.3 Å². The first-order chi connectivity index (χ1) is 12.6. The molecule has 1 N–H and O–H groups in total. The molecular formula is C20H20N2O4. The summed E-state index contributed by atoms with van der Waals surface area (Å²) in [5.74, 6) is -0.901. The van der Waals surface area contributed by atoms with Crippen LogP contribution in [0.1, 0.15) is 24.1 Å². The Bertz CT molecular complexity index is 815. The number of nitrogens with one attached hydrogen (secondary N) is 1. The zero-order valence-electron chi connectivity index (χ0n) is 14.6. The first-order valence-corrected chi connectivity index (χ1v) is 8.38. The van der Waals surface area contributed by atoms with E-state index in [1.165, 1.54) is 0 Å². The largest absolute Gasteiger partial charge is 0.497 e. The molecule has 0 aliphatic carbocycles. The van der Waals surface area contributed by atoms with Crippen molar-refractivity contribution in [2.75, 3.05) is 13.7 Å². The zero-order valence-corrected chi connectivity index (χ0v) is 14.6. The molecular weight excluding hydrogens is 332 g/mol. The molecule has 1 heterocycles. The van der Waals surface area contributed by atoms with Gasteiger partial charge in [0.2, 0.25) is 5.91 Å². The Morgan fingerprint density at radius 2 is 1.81 bits per heavy atom. The lowest BCUT2D eigenvalue weighted by Crippen LogP contribution is -2.47. The molecule has 0 fully saturated rings. The Hall–Kier alpha value is -3.15. The average Bonchev–Trinajstić information content (AvgIpc) is 2.68. The lowest BCUT2D eigenvalue weighted by molar-refractivity contribution is -0.153. The molecule has 1 aliphatic rings. The predicted octanol–water partition coefficient (Wildman–Crippen LogP) is 2.49. The summed E-state index contributed by atoms with van der Waals surface area (Å²) < 4.78 is 10.3. The molecule has 0 saturated carbocycles. The summed E-state index contributed by atoms with van der Waals surface area (Å²) in [5.41, 5.74) is 1.52. The van der Waals surface area contributed by atoms with E-state index in [-0.39, 0.29) is 6.61 Å². The van der Waals surface area contributed by atoms with Crippen molar-refractivity contribution >= 4 is 17.7 Å². The number of amides is 1. The van der Waals surface area contributed by atoms with Gasteiger partial charge in [0.25, 0.3) is 0 Å². The highest BCUT2D eigenvalue weighted by atomic mass is 16.5. The summed E-state index contributed by atoms with van der Waals surface area (Å²) in [4.78, 5) is 29.7. The Morgan fingerprint density at radius 3 is 2.42 bits per heavy atom. The fourth-order valence-electron chi connectivity index (χ4n) is 2.86. The molecule has 0 aromatic heterocycles. The summed E-state index contributed by atoms with van der Waals surface area (Å²) in [5, 5.41) is 2.73. The lowest BCUT2D eigenvalue weighted by Gasteiger charge is -2.28. The molecule has 6 nitrogen and oxygen atoms in total. The van der Waals surface area contributed by atoms with Gasteiger partial charge in [-0.15, -0.1) is 0 Å². The van der Waals surface area contributed by atoms with E-state index >= 15 is 0 Å². The van der Waals surface area contributed by atoms with Crippen molar-refractivity contribution in [2.45, 2.75) is 13.0 Å². The molecule has 2 aromatic rings. The molecule has 134 valence electrons. The molecule has 0 radical (unpaired) electrons. The second-order valence-corrected chi connectivity index (χ2v) is 5.78. The molecule has 1 amide bonds. The van der Waals surface area contributed by atoms with Crippen molar-refractivity contribution in [3.05, 3.63) is 65.7 Å². The number of ether oxygens (including phenoxy) is 2. The Balaban J connectivity index is 2.04. The van der Waals surface area contributed by atoms with Crippen molar-refractivity contribution < 1.29 is 19.1 Å². The minimum absolute atomic E-state index is 0.202. The van der Waals surface area contributed by atoms with Crippen LogP contribution in [0.3, 0.4) is 0 Å². The first kappa shape index (κ1) is 17.7. The Kier molecular flexibility index (Phi) is 5.31. The van der Waals surface area contributed by atoms with E-state index < -0.39 is 23.8 Å². The normalized spacial score (nSPS) is 19.3. The molecule has 0 spiro atoms. The molecule has 0 saturated heterocycles. The minimum Gasteiger partial charge on any atom is -0.497 e. The molecule has 3 rings (SSSR count). The predicted molar refractivity (Wildman–Crippen MR) is 97.0 cm³/mol. The van der Waals surface area contributed by atoms with Crippen LogP contribution in [0.15, 0.2) is 59.6 Å². The summed E-state index contributed by atoms with van der Waals surface area (Å²) in [6.07, 6.45) is 0. The van der Waals surface area contributed by atoms with Crippen LogP contribution in [0, 0.1) is 5.92 Å². The fourth-order valence-corrected chi connectivity index (χ4v) is 2.86. The topological polar surface area (TPSA) is 77.0 Å². The van der Waals surface area contributed by atoms with Gasteiger partial charge in [-0.1, -0.05) is 42.5 Å².